The Bertz CT molecular complexity index is 1790. The smallest absolute Gasteiger partial charge is 0.326 e. The number of nitrogens with zero attached hydrogens (tertiary/aromatic N) is 3. The van der Waals surface area contributed by atoms with Gasteiger partial charge in [0.1, 0.15) is 30.2 Å². The van der Waals surface area contributed by atoms with Crippen LogP contribution in [-0.4, -0.2) is 137 Å². The Kier molecular flexibility index (Phi) is 17.6. The number of aliphatic hydroxyl groups is 1. The second-order valence-electron chi connectivity index (χ2n) is 12.7. The lowest BCUT2D eigenvalue weighted by atomic mass is 10.0. The van der Waals surface area contributed by atoms with Crippen LogP contribution in [0.3, 0.4) is 0 Å². The van der Waals surface area contributed by atoms with Crippen LogP contribution in [0.4, 0.5) is 0 Å². The van der Waals surface area contributed by atoms with E-state index in [1.165, 1.54) is 31.4 Å². The maximum Gasteiger partial charge on any atom is 0.326 e. The summed E-state index contributed by atoms with van der Waals surface area (Å²) in [5.74, 6) is -7.21. The van der Waals surface area contributed by atoms with Crippen molar-refractivity contribution in [2.45, 2.75) is 81.2 Å². The Hall–Kier alpha value is -6.89. The molecule has 0 radical (unpaired) electrons. The largest absolute Gasteiger partial charge is 0.480 e. The molecule has 0 aromatic carbocycles. The molecule has 18 N–H and O–H groups in total. The van der Waals surface area contributed by atoms with Crippen molar-refractivity contribution in [2.24, 2.45) is 17.2 Å². The van der Waals surface area contributed by atoms with Crippen LogP contribution < -0.4 is 49.1 Å². The molecule has 0 bridgehead atoms. The Balaban J connectivity index is 1.78. The molecule has 0 aliphatic carbocycles. The molecule has 25 heteroatoms. The number of carboxylic acid groups (broad SMARTS) is 1. The molecule has 0 aliphatic rings. The van der Waals surface area contributed by atoms with E-state index < -0.39 is 90.7 Å². The molecular weight excluding hydrogens is 752 g/mol. The first-order chi connectivity index (χ1) is 27.2. The second kappa shape index (κ2) is 22.5. The summed E-state index contributed by atoms with van der Waals surface area (Å²) in [6.07, 6.45) is 7.59. The average Bonchev–Trinajstić information content (AvgIpc) is 3.98. The van der Waals surface area contributed by atoms with Gasteiger partial charge in [0.15, 0.2) is 5.96 Å². The number of rotatable bonds is 25. The highest BCUT2D eigenvalue weighted by Crippen LogP contribution is 2.07. The number of nitrogens with two attached hydrogens (primary N) is 3. The van der Waals surface area contributed by atoms with Crippen LogP contribution in [0.2, 0.25) is 0 Å². The van der Waals surface area contributed by atoms with Crippen molar-refractivity contribution < 1.29 is 43.8 Å². The van der Waals surface area contributed by atoms with Crippen LogP contribution in [0, 0.1) is 5.41 Å². The van der Waals surface area contributed by atoms with Crippen molar-refractivity contribution >= 4 is 47.4 Å². The minimum atomic E-state index is -1.70. The number of aromatic nitrogens is 6. The monoisotopic (exact) mass is 800 g/mol. The molecule has 6 atom stereocenters. The van der Waals surface area contributed by atoms with Crippen molar-refractivity contribution in [3.8, 4) is 0 Å². The highest BCUT2D eigenvalue weighted by molar-refractivity contribution is 5.96. The number of carboxylic acids is 1. The number of hydrogen-bond acceptors (Lipinski definition) is 13. The lowest BCUT2D eigenvalue weighted by Gasteiger charge is -2.26. The number of guanidine groups is 1. The van der Waals surface area contributed by atoms with Crippen LogP contribution in [0.1, 0.15) is 42.8 Å². The van der Waals surface area contributed by atoms with E-state index in [0.29, 0.717) is 17.1 Å². The second-order valence-corrected chi connectivity index (χ2v) is 12.7. The molecular formula is C32H48N16O9. The molecule has 6 amide bonds. The fourth-order valence-electron chi connectivity index (χ4n) is 5.27. The van der Waals surface area contributed by atoms with Crippen LogP contribution in [-0.2, 0) is 52.8 Å². The molecule has 0 fully saturated rings. The zero-order chi connectivity index (χ0) is 41.9. The molecule has 25 nitrogen and oxygen atoms in total. The fraction of sp³-hybridized carbons (Fsp3) is 0.469. The molecule has 3 rings (SSSR count). The summed E-state index contributed by atoms with van der Waals surface area (Å²) in [6, 6.07) is -8.58. The molecule has 3 aromatic rings. The van der Waals surface area contributed by atoms with Crippen molar-refractivity contribution in [1.82, 2.24) is 61.8 Å². The minimum absolute atomic E-state index is 0.0455. The first-order valence-corrected chi connectivity index (χ1v) is 17.6. The Labute approximate surface area is 324 Å². The SMILES string of the molecule is N=C(N)NCCC[C@H](NC(=O)[C@H](CO)NC(=O)[C@H](CCC(N)=O)NC(=O)[C@H](Cc1c[nH]cn1)NC(=O)[C@H](Cc1c[nH]cn1)NC(=O)[C@@H](N)Cc1c[nH]cn1)C(=O)O. The number of aromatic amines is 3. The van der Waals surface area contributed by atoms with Crippen molar-refractivity contribution in [2.75, 3.05) is 13.2 Å². The van der Waals surface area contributed by atoms with Crippen LogP contribution >= 0.6 is 0 Å². The van der Waals surface area contributed by atoms with E-state index in [2.05, 4.69) is 61.8 Å². The number of H-pyrrole nitrogens is 3. The van der Waals surface area contributed by atoms with Gasteiger partial charge in [-0.25, -0.2) is 19.7 Å². The number of hydrogen-bond donors (Lipinski definition) is 15. The van der Waals surface area contributed by atoms with Gasteiger partial charge >= 0.3 is 5.97 Å². The Morgan fingerprint density at radius 3 is 1.54 bits per heavy atom. The number of aliphatic carboxylic acids is 1. The Morgan fingerprint density at radius 2 is 1.09 bits per heavy atom. The summed E-state index contributed by atoms with van der Waals surface area (Å²) in [5, 5.41) is 41.3. The van der Waals surface area contributed by atoms with E-state index in [1.807, 2.05) is 0 Å². The third kappa shape index (κ3) is 15.4. The molecule has 57 heavy (non-hydrogen) atoms. The maximum absolute atomic E-state index is 13.9. The summed E-state index contributed by atoms with van der Waals surface area (Å²) in [4.78, 5) is 111. The number of amides is 6. The number of nitrogens with one attached hydrogen (secondary N) is 10. The van der Waals surface area contributed by atoms with Crippen LogP contribution in [0.15, 0.2) is 37.6 Å². The van der Waals surface area contributed by atoms with E-state index in [1.54, 1.807) is 6.20 Å². The highest BCUT2D eigenvalue weighted by atomic mass is 16.4. The quantitative estimate of drug-likeness (QED) is 0.0216. The van der Waals surface area contributed by atoms with Crippen molar-refractivity contribution in [3.63, 3.8) is 0 Å². The van der Waals surface area contributed by atoms with Crippen molar-refractivity contribution in [3.05, 3.63) is 54.7 Å². The Morgan fingerprint density at radius 1 is 0.649 bits per heavy atom. The molecule has 0 unspecified atom stereocenters. The van der Waals surface area contributed by atoms with Gasteiger partial charge in [0.2, 0.25) is 35.4 Å². The topological polar surface area (TPSA) is 420 Å². The van der Waals surface area contributed by atoms with E-state index in [4.69, 9.17) is 22.6 Å². The summed E-state index contributed by atoms with van der Waals surface area (Å²) in [6.45, 7) is -0.850. The first kappa shape index (κ1) is 44.5. The van der Waals surface area contributed by atoms with Crippen molar-refractivity contribution in [1.29, 1.82) is 5.41 Å². The van der Waals surface area contributed by atoms with Gasteiger partial charge in [-0.1, -0.05) is 0 Å². The van der Waals surface area contributed by atoms with Gasteiger partial charge in [0.05, 0.1) is 48.7 Å². The summed E-state index contributed by atoms with van der Waals surface area (Å²) in [7, 11) is 0. The van der Waals surface area contributed by atoms with E-state index in [0.717, 1.165) is 0 Å². The zero-order valence-corrected chi connectivity index (χ0v) is 30.6. The van der Waals surface area contributed by atoms with Gasteiger partial charge in [0.25, 0.3) is 0 Å². The number of carbonyl (C=O) groups is 7. The standard InChI is InChI=1S/C32H48N16O9/c33-19(6-16-9-37-13-41-16)26(51)46-22(7-17-10-38-14-42-17)29(54)47-23(8-18-11-39-15-43-18)28(53)44-20(3-4-25(34)50)27(52)48-24(12-49)30(55)45-21(31(56)57)2-1-5-40-32(35)36/h9-11,13-15,19-24,49H,1-8,12,33H2,(H2,34,50)(H,37,41)(H,38,42)(H,39,43)(H,44,53)(H,45,55)(H,46,51)(H,47,54)(H,48,52)(H,56,57)(H4,35,36,40)/t19-,20-,21-,22-,23-,24-/m0/s1. The van der Waals surface area contributed by atoms with E-state index in [-0.39, 0.29) is 51.0 Å². The maximum atomic E-state index is 13.9. The summed E-state index contributed by atoms with van der Waals surface area (Å²) < 4.78 is 0. The van der Waals surface area contributed by atoms with Crippen LogP contribution in [0.25, 0.3) is 0 Å². The predicted octanol–water partition coefficient (Wildman–Crippen LogP) is -5.76. The average molecular weight is 801 g/mol. The number of primary amides is 1. The van der Waals surface area contributed by atoms with Gasteiger partial charge in [-0.05, 0) is 19.3 Å². The lowest BCUT2D eigenvalue weighted by molar-refractivity contribution is -0.142. The molecule has 3 aromatic heterocycles. The minimum Gasteiger partial charge on any atom is -0.480 e. The number of carbonyl (C=O) groups excluding carboxylic acids is 6. The number of imidazole rings is 3. The van der Waals surface area contributed by atoms with Gasteiger partial charge < -0.3 is 74.3 Å². The van der Waals surface area contributed by atoms with E-state index in [9.17, 15) is 43.8 Å². The van der Waals surface area contributed by atoms with E-state index >= 15 is 0 Å². The summed E-state index contributed by atoms with van der Waals surface area (Å²) in [5.41, 5.74) is 17.8. The molecule has 0 saturated heterocycles. The van der Waals surface area contributed by atoms with Gasteiger partial charge in [0, 0.05) is 50.8 Å². The first-order valence-electron chi connectivity index (χ1n) is 17.6. The third-order valence-electron chi connectivity index (χ3n) is 8.25. The lowest BCUT2D eigenvalue weighted by Crippen LogP contribution is -2.60. The predicted molar refractivity (Wildman–Crippen MR) is 197 cm³/mol. The zero-order valence-electron chi connectivity index (χ0n) is 30.6. The number of aliphatic hydroxyl groups excluding tert-OH is 1. The van der Waals surface area contributed by atoms with Crippen LogP contribution in [0.5, 0.6) is 0 Å². The van der Waals surface area contributed by atoms with Gasteiger partial charge in [-0.3, -0.25) is 34.2 Å². The fourth-order valence-corrected chi connectivity index (χ4v) is 5.27. The highest BCUT2D eigenvalue weighted by Gasteiger charge is 2.33. The molecule has 3 heterocycles. The normalized spacial score (nSPS) is 14.1. The van der Waals surface area contributed by atoms with Gasteiger partial charge in [-0.15, -0.1) is 0 Å². The molecule has 0 spiro atoms. The van der Waals surface area contributed by atoms with Gasteiger partial charge in [-0.2, -0.15) is 0 Å². The molecule has 0 aliphatic heterocycles. The third-order valence-corrected chi connectivity index (χ3v) is 8.25. The summed E-state index contributed by atoms with van der Waals surface area (Å²) >= 11 is 0. The molecule has 0 saturated carbocycles. The molecule has 310 valence electrons.